The third kappa shape index (κ3) is 6.80. The second kappa shape index (κ2) is 7.63. The van der Waals surface area contributed by atoms with Gasteiger partial charge in [-0.1, -0.05) is 20.8 Å². The van der Waals surface area contributed by atoms with Gasteiger partial charge in [0.25, 0.3) is 0 Å². The number of ether oxygens (including phenoxy) is 1. The van der Waals surface area contributed by atoms with E-state index in [1.807, 2.05) is 0 Å². The summed E-state index contributed by atoms with van der Waals surface area (Å²) in [6.45, 7) is 6.88. The Bertz CT molecular complexity index is 199. The van der Waals surface area contributed by atoms with E-state index in [1.54, 1.807) is 7.11 Å². The SMILES string of the molecule is COCCCC(=O)NC(CCO)C(C)(C)C. The predicted molar refractivity (Wildman–Crippen MR) is 64.2 cm³/mol. The van der Waals surface area contributed by atoms with Gasteiger partial charge in [-0.2, -0.15) is 0 Å². The van der Waals surface area contributed by atoms with Gasteiger partial charge in [0.2, 0.25) is 5.91 Å². The summed E-state index contributed by atoms with van der Waals surface area (Å²) in [6, 6.07) is 0.0209. The molecule has 0 fully saturated rings. The van der Waals surface area contributed by atoms with Gasteiger partial charge in [-0.25, -0.2) is 0 Å². The Kier molecular flexibility index (Phi) is 7.34. The maximum Gasteiger partial charge on any atom is 0.220 e. The fourth-order valence-electron chi connectivity index (χ4n) is 1.49. The Morgan fingerprint density at radius 1 is 1.44 bits per heavy atom. The number of amides is 1. The van der Waals surface area contributed by atoms with Crippen molar-refractivity contribution in [1.82, 2.24) is 5.32 Å². The molecule has 0 aromatic rings. The Morgan fingerprint density at radius 2 is 2.06 bits per heavy atom. The van der Waals surface area contributed by atoms with Crippen LogP contribution in [0.5, 0.6) is 0 Å². The summed E-state index contributed by atoms with van der Waals surface area (Å²) in [5.41, 5.74) is -0.0281. The zero-order valence-electron chi connectivity index (χ0n) is 10.9. The highest BCUT2D eigenvalue weighted by atomic mass is 16.5. The average molecular weight is 231 g/mol. The number of nitrogens with one attached hydrogen (secondary N) is 1. The zero-order chi connectivity index (χ0) is 12.6. The third-order valence-corrected chi connectivity index (χ3v) is 2.55. The third-order valence-electron chi connectivity index (χ3n) is 2.55. The van der Waals surface area contributed by atoms with E-state index in [0.29, 0.717) is 19.4 Å². The molecule has 0 aromatic carbocycles. The van der Waals surface area contributed by atoms with Crippen LogP contribution in [0.4, 0.5) is 0 Å². The van der Waals surface area contributed by atoms with Gasteiger partial charge in [-0.3, -0.25) is 4.79 Å². The van der Waals surface area contributed by atoms with E-state index in [9.17, 15) is 4.79 Å². The second-order valence-electron chi connectivity index (χ2n) is 5.09. The van der Waals surface area contributed by atoms with E-state index in [1.165, 1.54) is 0 Å². The number of carbonyl (C=O) groups excluding carboxylic acids is 1. The van der Waals surface area contributed by atoms with Crippen molar-refractivity contribution in [2.45, 2.75) is 46.1 Å². The van der Waals surface area contributed by atoms with Gasteiger partial charge in [-0.05, 0) is 18.3 Å². The molecule has 0 heterocycles. The molecular formula is C12H25NO3. The van der Waals surface area contributed by atoms with Crippen molar-refractivity contribution in [2.24, 2.45) is 5.41 Å². The quantitative estimate of drug-likeness (QED) is 0.650. The molecule has 1 atom stereocenters. The number of hydrogen-bond acceptors (Lipinski definition) is 3. The molecule has 4 nitrogen and oxygen atoms in total. The van der Waals surface area contributed by atoms with Crippen LogP contribution in [0.2, 0.25) is 0 Å². The van der Waals surface area contributed by atoms with Crippen molar-refractivity contribution < 1.29 is 14.6 Å². The van der Waals surface area contributed by atoms with Gasteiger partial charge in [0.05, 0.1) is 0 Å². The first-order valence-corrected chi connectivity index (χ1v) is 5.81. The predicted octanol–water partition coefficient (Wildman–Crippen LogP) is 1.33. The Labute approximate surface area is 98.4 Å². The minimum Gasteiger partial charge on any atom is -0.396 e. The van der Waals surface area contributed by atoms with E-state index >= 15 is 0 Å². The molecule has 2 N–H and O–H groups in total. The molecule has 0 aliphatic rings. The molecule has 0 saturated heterocycles. The normalized spacial score (nSPS) is 13.6. The maximum absolute atomic E-state index is 11.6. The summed E-state index contributed by atoms with van der Waals surface area (Å²) in [4.78, 5) is 11.6. The minimum atomic E-state index is -0.0281. The highest BCUT2D eigenvalue weighted by molar-refractivity contribution is 5.76. The number of aliphatic hydroxyl groups excluding tert-OH is 1. The molecule has 0 bridgehead atoms. The van der Waals surface area contributed by atoms with Gasteiger partial charge in [-0.15, -0.1) is 0 Å². The van der Waals surface area contributed by atoms with Crippen LogP contribution in [0.3, 0.4) is 0 Å². The lowest BCUT2D eigenvalue weighted by molar-refractivity contribution is -0.123. The number of methoxy groups -OCH3 is 1. The zero-order valence-corrected chi connectivity index (χ0v) is 10.9. The second-order valence-corrected chi connectivity index (χ2v) is 5.09. The molecule has 16 heavy (non-hydrogen) atoms. The summed E-state index contributed by atoms with van der Waals surface area (Å²) in [7, 11) is 1.63. The summed E-state index contributed by atoms with van der Waals surface area (Å²) in [5, 5.41) is 11.9. The topological polar surface area (TPSA) is 58.6 Å². The van der Waals surface area contributed by atoms with Crippen molar-refractivity contribution >= 4 is 5.91 Å². The van der Waals surface area contributed by atoms with Crippen LogP contribution in [0.15, 0.2) is 0 Å². The summed E-state index contributed by atoms with van der Waals surface area (Å²) >= 11 is 0. The molecule has 4 heteroatoms. The average Bonchev–Trinajstić information content (AvgIpc) is 2.16. The van der Waals surface area contributed by atoms with Crippen molar-refractivity contribution in [3.05, 3.63) is 0 Å². The maximum atomic E-state index is 11.6. The lowest BCUT2D eigenvalue weighted by Gasteiger charge is -2.31. The van der Waals surface area contributed by atoms with Crippen LogP contribution in [-0.2, 0) is 9.53 Å². The molecule has 0 spiro atoms. The van der Waals surface area contributed by atoms with Crippen LogP contribution >= 0.6 is 0 Å². The van der Waals surface area contributed by atoms with Gasteiger partial charge in [0.1, 0.15) is 0 Å². The molecule has 0 saturated carbocycles. The van der Waals surface area contributed by atoms with Crippen molar-refractivity contribution in [3.8, 4) is 0 Å². The smallest absolute Gasteiger partial charge is 0.220 e. The molecule has 0 radical (unpaired) electrons. The van der Waals surface area contributed by atoms with Crippen LogP contribution in [0.25, 0.3) is 0 Å². The van der Waals surface area contributed by atoms with Crippen LogP contribution in [-0.4, -0.2) is 37.4 Å². The van der Waals surface area contributed by atoms with E-state index in [2.05, 4.69) is 26.1 Å². The largest absolute Gasteiger partial charge is 0.396 e. The van der Waals surface area contributed by atoms with Gasteiger partial charge in [0.15, 0.2) is 0 Å². The number of aliphatic hydroxyl groups is 1. The first kappa shape index (κ1) is 15.4. The Morgan fingerprint density at radius 3 is 2.50 bits per heavy atom. The fourth-order valence-corrected chi connectivity index (χ4v) is 1.49. The fraction of sp³-hybridized carbons (Fsp3) is 0.917. The lowest BCUT2D eigenvalue weighted by Crippen LogP contribution is -2.44. The molecule has 0 aliphatic carbocycles. The highest BCUT2D eigenvalue weighted by Crippen LogP contribution is 2.21. The summed E-state index contributed by atoms with van der Waals surface area (Å²) < 4.78 is 4.89. The standard InChI is InChI=1S/C12H25NO3/c1-12(2,3)10(7-8-14)13-11(15)6-5-9-16-4/h10,14H,5-9H2,1-4H3,(H,13,15). The molecule has 0 aromatic heterocycles. The number of carbonyl (C=O) groups is 1. The first-order valence-electron chi connectivity index (χ1n) is 5.81. The van der Waals surface area contributed by atoms with E-state index in [0.717, 1.165) is 6.42 Å². The van der Waals surface area contributed by atoms with Gasteiger partial charge in [0, 0.05) is 32.8 Å². The van der Waals surface area contributed by atoms with E-state index in [4.69, 9.17) is 9.84 Å². The molecule has 1 unspecified atom stereocenters. The van der Waals surface area contributed by atoms with E-state index in [-0.39, 0.29) is 24.0 Å². The highest BCUT2D eigenvalue weighted by Gasteiger charge is 2.25. The van der Waals surface area contributed by atoms with Crippen LogP contribution in [0.1, 0.15) is 40.0 Å². The molecular weight excluding hydrogens is 206 g/mol. The molecule has 1 amide bonds. The minimum absolute atomic E-state index is 0.0209. The monoisotopic (exact) mass is 231 g/mol. The summed E-state index contributed by atoms with van der Waals surface area (Å²) in [5.74, 6) is 0.0328. The Balaban J connectivity index is 4.04. The van der Waals surface area contributed by atoms with Crippen molar-refractivity contribution in [1.29, 1.82) is 0 Å². The van der Waals surface area contributed by atoms with E-state index < -0.39 is 0 Å². The number of hydrogen-bond donors (Lipinski definition) is 2. The van der Waals surface area contributed by atoms with Gasteiger partial charge >= 0.3 is 0 Å². The van der Waals surface area contributed by atoms with Crippen molar-refractivity contribution in [2.75, 3.05) is 20.3 Å². The number of rotatable bonds is 7. The lowest BCUT2D eigenvalue weighted by atomic mass is 9.85. The first-order chi connectivity index (χ1) is 7.41. The van der Waals surface area contributed by atoms with Crippen LogP contribution < -0.4 is 5.32 Å². The Hall–Kier alpha value is -0.610. The molecule has 96 valence electrons. The molecule has 0 rings (SSSR count). The van der Waals surface area contributed by atoms with Crippen molar-refractivity contribution in [3.63, 3.8) is 0 Å². The summed E-state index contributed by atoms with van der Waals surface area (Å²) in [6.07, 6.45) is 1.81. The van der Waals surface area contributed by atoms with Gasteiger partial charge < -0.3 is 15.2 Å². The molecule has 0 aliphatic heterocycles. The van der Waals surface area contributed by atoms with Crippen LogP contribution in [0, 0.1) is 5.41 Å².